The monoisotopic (exact) mass is 283 g/mol. The van der Waals surface area contributed by atoms with Gasteiger partial charge in [0.25, 0.3) is 0 Å². The summed E-state index contributed by atoms with van der Waals surface area (Å²) in [4.78, 5) is 13.3. The highest BCUT2D eigenvalue weighted by Gasteiger charge is 2.24. The number of ether oxygens (including phenoxy) is 1. The number of halogens is 1. The summed E-state index contributed by atoms with van der Waals surface area (Å²) in [7, 11) is 1.37. The summed E-state index contributed by atoms with van der Waals surface area (Å²) in [6.07, 6.45) is 0.508. The fourth-order valence-electron chi connectivity index (χ4n) is 2.24. The number of anilines is 1. The van der Waals surface area contributed by atoms with Crippen LogP contribution < -0.4 is 16.0 Å². The average Bonchev–Trinajstić information content (AvgIpc) is 2.87. The Morgan fingerprint density at radius 2 is 2.42 bits per heavy atom. The Morgan fingerprint density at radius 1 is 1.63 bits per heavy atom. The third-order valence-electron chi connectivity index (χ3n) is 3.32. The van der Waals surface area contributed by atoms with Crippen molar-refractivity contribution in [1.82, 2.24) is 5.32 Å². The highest BCUT2D eigenvalue weighted by molar-refractivity contribution is 6.31. The number of nitrogens with zero attached hydrogens (tertiary/aromatic N) is 1. The number of nitrogens with one attached hydrogen (secondary N) is 1. The van der Waals surface area contributed by atoms with Gasteiger partial charge in [-0.2, -0.15) is 0 Å². The van der Waals surface area contributed by atoms with Crippen molar-refractivity contribution in [2.75, 3.05) is 25.1 Å². The van der Waals surface area contributed by atoms with Crippen LogP contribution in [-0.4, -0.2) is 32.3 Å². The fourth-order valence-corrected chi connectivity index (χ4v) is 2.49. The molecule has 1 amide bonds. The Bertz CT molecular complexity index is 467. The van der Waals surface area contributed by atoms with Crippen molar-refractivity contribution in [3.63, 3.8) is 0 Å². The number of alkyl carbamates (subject to hydrolysis) is 1. The Hall–Kier alpha value is -1.46. The topological polar surface area (TPSA) is 67.6 Å². The van der Waals surface area contributed by atoms with Crippen molar-refractivity contribution < 1.29 is 9.53 Å². The molecule has 3 N–H and O–H groups in total. The van der Waals surface area contributed by atoms with Crippen LogP contribution in [0.4, 0.5) is 10.5 Å². The summed E-state index contributed by atoms with van der Waals surface area (Å²) in [6, 6.07) is 5.98. The van der Waals surface area contributed by atoms with Gasteiger partial charge in [0.2, 0.25) is 0 Å². The molecule has 0 saturated carbocycles. The molecule has 104 valence electrons. The number of benzene rings is 1. The number of rotatable bonds is 3. The molecule has 5 nitrogen and oxygen atoms in total. The highest BCUT2D eigenvalue weighted by atomic mass is 35.5. The van der Waals surface area contributed by atoms with Crippen LogP contribution >= 0.6 is 11.6 Å². The van der Waals surface area contributed by atoms with E-state index in [0.717, 1.165) is 30.8 Å². The minimum absolute atomic E-state index is 0.111. The van der Waals surface area contributed by atoms with E-state index < -0.39 is 0 Å². The molecule has 1 aromatic carbocycles. The summed E-state index contributed by atoms with van der Waals surface area (Å²) in [6.45, 7) is 2.08. The molecule has 1 unspecified atom stereocenters. The molecule has 0 radical (unpaired) electrons. The van der Waals surface area contributed by atoms with Crippen molar-refractivity contribution in [3.8, 4) is 0 Å². The van der Waals surface area contributed by atoms with Gasteiger partial charge in [-0.25, -0.2) is 4.79 Å². The first-order valence-corrected chi connectivity index (χ1v) is 6.59. The molecule has 19 heavy (non-hydrogen) atoms. The van der Waals surface area contributed by atoms with Gasteiger partial charge in [0.15, 0.2) is 0 Å². The minimum Gasteiger partial charge on any atom is -0.453 e. The molecule has 1 heterocycles. The smallest absolute Gasteiger partial charge is 0.407 e. The predicted octanol–water partition coefficient (Wildman–Crippen LogP) is 1.73. The molecule has 2 rings (SSSR count). The first-order valence-electron chi connectivity index (χ1n) is 6.22. The number of nitrogens with two attached hydrogens (primary N) is 1. The number of amides is 1. The average molecular weight is 284 g/mol. The SMILES string of the molecule is COC(=O)NC1CCN(c2ccc(CN)c(Cl)c2)C1. The maximum Gasteiger partial charge on any atom is 0.407 e. The van der Waals surface area contributed by atoms with Crippen LogP contribution in [0.2, 0.25) is 5.02 Å². The lowest BCUT2D eigenvalue weighted by atomic mass is 10.2. The van der Waals surface area contributed by atoms with E-state index in [1.165, 1.54) is 7.11 Å². The number of methoxy groups -OCH3 is 1. The molecular weight excluding hydrogens is 266 g/mol. The van der Waals surface area contributed by atoms with E-state index in [9.17, 15) is 4.79 Å². The van der Waals surface area contributed by atoms with E-state index in [1.54, 1.807) is 0 Å². The standard InChI is InChI=1S/C13H18ClN3O2/c1-19-13(18)16-10-4-5-17(8-10)11-3-2-9(7-15)12(14)6-11/h2-3,6,10H,4-5,7-8,15H2,1H3,(H,16,18). The molecule has 1 saturated heterocycles. The van der Waals surface area contributed by atoms with Gasteiger partial charge in [0.1, 0.15) is 0 Å². The molecule has 0 bridgehead atoms. The lowest BCUT2D eigenvalue weighted by Gasteiger charge is -2.19. The summed E-state index contributed by atoms with van der Waals surface area (Å²) in [5.41, 5.74) is 7.58. The van der Waals surface area contributed by atoms with Crippen LogP contribution in [-0.2, 0) is 11.3 Å². The van der Waals surface area contributed by atoms with E-state index in [1.807, 2.05) is 18.2 Å². The van der Waals surface area contributed by atoms with Crippen LogP contribution in [0.5, 0.6) is 0 Å². The van der Waals surface area contributed by atoms with E-state index in [0.29, 0.717) is 11.6 Å². The van der Waals surface area contributed by atoms with Gasteiger partial charge in [0, 0.05) is 30.3 Å². The molecule has 0 aromatic heterocycles. The van der Waals surface area contributed by atoms with Crippen LogP contribution in [0, 0.1) is 0 Å². The van der Waals surface area contributed by atoms with Crippen molar-refractivity contribution in [2.24, 2.45) is 5.73 Å². The predicted molar refractivity (Wildman–Crippen MR) is 75.5 cm³/mol. The molecule has 1 aliphatic rings. The largest absolute Gasteiger partial charge is 0.453 e. The quantitative estimate of drug-likeness (QED) is 0.887. The van der Waals surface area contributed by atoms with E-state index in [2.05, 4.69) is 15.0 Å². The number of hydrogen-bond donors (Lipinski definition) is 2. The lowest BCUT2D eigenvalue weighted by molar-refractivity contribution is 0.167. The minimum atomic E-state index is -0.386. The summed E-state index contributed by atoms with van der Waals surface area (Å²) in [5, 5.41) is 3.49. The molecule has 1 atom stereocenters. The van der Waals surface area contributed by atoms with E-state index in [4.69, 9.17) is 17.3 Å². The fraction of sp³-hybridized carbons (Fsp3) is 0.462. The first kappa shape index (κ1) is 14.0. The van der Waals surface area contributed by atoms with Crippen molar-refractivity contribution in [2.45, 2.75) is 19.0 Å². The van der Waals surface area contributed by atoms with Crippen LogP contribution in [0.15, 0.2) is 18.2 Å². The third-order valence-corrected chi connectivity index (χ3v) is 3.67. The summed E-state index contributed by atoms with van der Waals surface area (Å²) in [5.74, 6) is 0. The maximum atomic E-state index is 11.2. The van der Waals surface area contributed by atoms with Gasteiger partial charge in [-0.1, -0.05) is 17.7 Å². The Labute approximate surface area is 117 Å². The molecule has 1 fully saturated rings. The zero-order chi connectivity index (χ0) is 13.8. The van der Waals surface area contributed by atoms with Gasteiger partial charge < -0.3 is 20.7 Å². The van der Waals surface area contributed by atoms with Crippen LogP contribution in [0.3, 0.4) is 0 Å². The normalized spacial score (nSPS) is 18.5. The molecule has 6 heteroatoms. The Kier molecular flexibility index (Phi) is 4.50. The number of carbonyl (C=O) groups is 1. The lowest BCUT2D eigenvalue weighted by Crippen LogP contribution is -2.36. The van der Waals surface area contributed by atoms with Gasteiger partial charge in [-0.3, -0.25) is 0 Å². The molecule has 0 aliphatic carbocycles. The van der Waals surface area contributed by atoms with Gasteiger partial charge in [-0.15, -0.1) is 0 Å². The van der Waals surface area contributed by atoms with Gasteiger partial charge >= 0.3 is 6.09 Å². The molecular formula is C13H18ClN3O2. The van der Waals surface area contributed by atoms with Crippen molar-refractivity contribution in [1.29, 1.82) is 0 Å². The number of hydrogen-bond acceptors (Lipinski definition) is 4. The molecule has 0 spiro atoms. The summed E-state index contributed by atoms with van der Waals surface area (Å²) >= 11 is 6.15. The second kappa shape index (κ2) is 6.12. The number of carbonyl (C=O) groups excluding carboxylic acids is 1. The zero-order valence-corrected chi connectivity index (χ0v) is 11.6. The van der Waals surface area contributed by atoms with Crippen LogP contribution in [0.25, 0.3) is 0 Å². The van der Waals surface area contributed by atoms with E-state index in [-0.39, 0.29) is 12.1 Å². The van der Waals surface area contributed by atoms with E-state index >= 15 is 0 Å². The first-order chi connectivity index (χ1) is 9.13. The maximum absolute atomic E-state index is 11.2. The zero-order valence-electron chi connectivity index (χ0n) is 10.9. The van der Waals surface area contributed by atoms with Gasteiger partial charge in [0.05, 0.1) is 13.2 Å². The second-order valence-corrected chi connectivity index (χ2v) is 4.95. The Morgan fingerprint density at radius 3 is 3.05 bits per heavy atom. The molecule has 1 aliphatic heterocycles. The molecule has 1 aromatic rings. The van der Waals surface area contributed by atoms with Crippen molar-refractivity contribution in [3.05, 3.63) is 28.8 Å². The van der Waals surface area contributed by atoms with Gasteiger partial charge in [-0.05, 0) is 24.1 Å². The highest BCUT2D eigenvalue weighted by Crippen LogP contribution is 2.26. The van der Waals surface area contributed by atoms with Crippen molar-refractivity contribution >= 4 is 23.4 Å². The second-order valence-electron chi connectivity index (χ2n) is 4.55. The Balaban J connectivity index is 2.00. The summed E-state index contributed by atoms with van der Waals surface area (Å²) < 4.78 is 4.60. The van der Waals surface area contributed by atoms with Crippen LogP contribution in [0.1, 0.15) is 12.0 Å². The third kappa shape index (κ3) is 3.30.